The van der Waals surface area contributed by atoms with Crippen LogP contribution in [-0.4, -0.2) is 48.8 Å². The van der Waals surface area contributed by atoms with E-state index in [1.165, 1.54) is 45.2 Å². The Kier molecular flexibility index (Phi) is 4.68. The van der Waals surface area contributed by atoms with Crippen LogP contribution in [0.25, 0.3) is 0 Å². The topological polar surface area (TPSA) is 24.5 Å². The summed E-state index contributed by atoms with van der Waals surface area (Å²) in [7, 11) is 0. The second-order valence-corrected chi connectivity index (χ2v) is 6.32. The van der Waals surface area contributed by atoms with Crippen LogP contribution in [0.3, 0.4) is 0 Å². The van der Waals surface area contributed by atoms with E-state index in [4.69, 9.17) is 4.74 Å². The molecule has 1 aliphatic carbocycles. The minimum atomic E-state index is 0.292. The smallest absolute Gasteiger partial charge is 0.0593 e. The third-order valence-electron chi connectivity index (χ3n) is 5.08. The molecule has 2 rings (SSSR count). The average Bonchev–Trinajstić information content (AvgIpc) is 2.84. The number of nitrogens with zero attached hydrogens (tertiary/aromatic N) is 1. The fourth-order valence-corrected chi connectivity index (χ4v) is 3.53. The van der Waals surface area contributed by atoms with Crippen LogP contribution in [0.1, 0.15) is 52.9 Å². The van der Waals surface area contributed by atoms with Crippen LogP contribution in [0.2, 0.25) is 0 Å². The van der Waals surface area contributed by atoms with Crippen LogP contribution in [0.15, 0.2) is 0 Å². The monoisotopic (exact) mass is 254 g/mol. The minimum Gasteiger partial charge on any atom is -0.380 e. The third-order valence-corrected chi connectivity index (χ3v) is 5.08. The first-order chi connectivity index (χ1) is 8.64. The SMILES string of the molecule is CCOCCN1CC(C)(CC)NCC12CCCC2. The maximum absolute atomic E-state index is 5.58. The highest BCUT2D eigenvalue weighted by Gasteiger charge is 2.46. The highest BCUT2D eigenvalue weighted by atomic mass is 16.5. The van der Waals surface area contributed by atoms with Gasteiger partial charge >= 0.3 is 0 Å². The molecule has 0 aromatic rings. The number of piperazine rings is 1. The van der Waals surface area contributed by atoms with Gasteiger partial charge in [0.05, 0.1) is 6.61 Å². The van der Waals surface area contributed by atoms with E-state index in [1.807, 2.05) is 0 Å². The van der Waals surface area contributed by atoms with Crippen LogP contribution in [-0.2, 0) is 4.74 Å². The Hall–Kier alpha value is -0.120. The molecule has 2 aliphatic rings. The van der Waals surface area contributed by atoms with Gasteiger partial charge in [0, 0.05) is 37.3 Å². The van der Waals surface area contributed by atoms with Crippen molar-refractivity contribution in [2.24, 2.45) is 0 Å². The lowest BCUT2D eigenvalue weighted by Gasteiger charge is -2.52. The molecule has 1 aliphatic heterocycles. The van der Waals surface area contributed by atoms with Crippen molar-refractivity contribution in [1.29, 1.82) is 0 Å². The first-order valence-corrected chi connectivity index (χ1v) is 7.72. The van der Waals surface area contributed by atoms with Crippen molar-refractivity contribution < 1.29 is 4.74 Å². The van der Waals surface area contributed by atoms with Crippen molar-refractivity contribution in [2.45, 2.75) is 64.0 Å². The highest BCUT2D eigenvalue weighted by Crippen LogP contribution is 2.38. The number of rotatable bonds is 5. The van der Waals surface area contributed by atoms with Crippen LogP contribution in [0, 0.1) is 0 Å². The van der Waals surface area contributed by atoms with E-state index < -0.39 is 0 Å². The molecular formula is C15H30N2O. The zero-order chi connectivity index (χ0) is 13.1. The molecule has 3 nitrogen and oxygen atoms in total. The van der Waals surface area contributed by atoms with Gasteiger partial charge in [-0.3, -0.25) is 4.90 Å². The molecule has 0 aromatic carbocycles. The maximum atomic E-state index is 5.58. The summed E-state index contributed by atoms with van der Waals surface area (Å²) >= 11 is 0. The maximum Gasteiger partial charge on any atom is 0.0593 e. The van der Waals surface area contributed by atoms with Gasteiger partial charge in [0.2, 0.25) is 0 Å². The van der Waals surface area contributed by atoms with Gasteiger partial charge in [0.25, 0.3) is 0 Å². The summed E-state index contributed by atoms with van der Waals surface area (Å²) in [6.07, 6.45) is 6.73. The molecule has 0 aromatic heterocycles. The van der Waals surface area contributed by atoms with E-state index in [2.05, 4.69) is 31.0 Å². The average molecular weight is 254 g/mol. The molecule has 1 unspecified atom stereocenters. The van der Waals surface area contributed by atoms with E-state index in [9.17, 15) is 0 Å². The van der Waals surface area contributed by atoms with Gasteiger partial charge in [-0.25, -0.2) is 0 Å². The van der Waals surface area contributed by atoms with E-state index >= 15 is 0 Å². The summed E-state index contributed by atoms with van der Waals surface area (Å²) in [5.41, 5.74) is 0.728. The van der Waals surface area contributed by atoms with Crippen LogP contribution < -0.4 is 5.32 Å². The summed E-state index contributed by atoms with van der Waals surface area (Å²) < 4.78 is 5.58. The van der Waals surface area contributed by atoms with Gasteiger partial charge in [0.15, 0.2) is 0 Å². The van der Waals surface area contributed by atoms with Gasteiger partial charge in [-0.05, 0) is 33.1 Å². The molecule has 106 valence electrons. The Morgan fingerprint density at radius 1 is 1.22 bits per heavy atom. The molecule has 0 amide bonds. The molecular weight excluding hydrogens is 224 g/mol. The zero-order valence-electron chi connectivity index (χ0n) is 12.4. The van der Waals surface area contributed by atoms with Gasteiger partial charge < -0.3 is 10.1 Å². The van der Waals surface area contributed by atoms with Crippen LogP contribution in [0.4, 0.5) is 0 Å². The Bertz CT molecular complexity index is 263. The standard InChI is InChI=1S/C15H30N2O/c1-4-14(3)13-17(10-11-18-5-2)15(12-16-14)8-6-7-9-15/h16H,4-13H2,1-3H3. The molecule has 18 heavy (non-hydrogen) atoms. The molecule has 1 heterocycles. The van der Waals surface area contributed by atoms with Gasteiger partial charge in [-0.2, -0.15) is 0 Å². The first-order valence-electron chi connectivity index (χ1n) is 7.72. The molecule has 1 spiro atoms. The fourth-order valence-electron chi connectivity index (χ4n) is 3.53. The Morgan fingerprint density at radius 3 is 2.56 bits per heavy atom. The molecule has 1 saturated carbocycles. The van der Waals surface area contributed by atoms with Gasteiger partial charge in [-0.15, -0.1) is 0 Å². The van der Waals surface area contributed by atoms with Gasteiger partial charge in [-0.1, -0.05) is 19.8 Å². The zero-order valence-corrected chi connectivity index (χ0v) is 12.4. The molecule has 0 radical (unpaired) electrons. The highest BCUT2D eigenvalue weighted by molar-refractivity contribution is 5.05. The fraction of sp³-hybridized carbons (Fsp3) is 1.00. The van der Waals surface area contributed by atoms with Crippen molar-refractivity contribution in [3.05, 3.63) is 0 Å². The summed E-state index contributed by atoms with van der Waals surface area (Å²) in [6, 6.07) is 0. The number of hydrogen-bond donors (Lipinski definition) is 1. The number of ether oxygens (including phenoxy) is 1. The second-order valence-electron chi connectivity index (χ2n) is 6.32. The number of nitrogens with one attached hydrogen (secondary N) is 1. The normalized spacial score (nSPS) is 32.2. The molecule has 1 N–H and O–H groups in total. The quantitative estimate of drug-likeness (QED) is 0.763. The second kappa shape index (κ2) is 5.89. The predicted octanol–water partition coefficient (Wildman–Crippen LogP) is 2.41. The predicted molar refractivity (Wildman–Crippen MR) is 76.0 cm³/mol. The third kappa shape index (κ3) is 2.89. The lowest BCUT2D eigenvalue weighted by Crippen LogP contribution is -2.68. The summed E-state index contributed by atoms with van der Waals surface area (Å²) in [5, 5.41) is 3.82. The summed E-state index contributed by atoms with van der Waals surface area (Å²) in [4.78, 5) is 2.73. The van der Waals surface area contributed by atoms with Crippen LogP contribution in [0.5, 0.6) is 0 Å². The molecule has 3 heteroatoms. The lowest BCUT2D eigenvalue weighted by molar-refractivity contribution is -0.00849. The summed E-state index contributed by atoms with van der Waals surface area (Å²) in [6.45, 7) is 11.9. The lowest BCUT2D eigenvalue weighted by atomic mass is 9.85. The molecule has 1 saturated heterocycles. The molecule has 2 fully saturated rings. The van der Waals surface area contributed by atoms with Crippen molar-refractivity contribution in [3.63, 3.8) is 0 Å². The minimum absolute atomic E-state index is 0.292. The first kappa shape index (κ1) is 14.3. The molecule has 1 atom stereocenters. The Morgan fingerprint density at radius 2 is 1.94 bits per heavy atom. The molecule has 0 bridgehead atoms. The number of hydrogen-bond acceptors (Lipinski definition) is 3. The van der Waals surface area contributed by atoms with Gasteiger partial charge in [0.1, 0.15) is 0 Å². The van der Waals surface area contributed by atoms with Crippen molar-refractivity contribution in [1.82, 2.24) is 10.2 Å². The Balaban J connectivity index is 2.01. The van der Waals surface area contributed by atoms with Crippen molar-refractivity contribution in [2.75, 3.05) is 32.8 Å². The van der Waals surface area contributed by atoms with E-state index in [1.54, 1.807) is 0 Å². The summed E-state index contributed by atoms with van der Waals surface area (Å²) in [5.74, 6) is 0. The Labute approximate surface area is 112 Å². The van der Waals surface area contributed by atoms with E-state index in [0.717, 1.165) is 19.8 Å². The largest absolute Gasteiger partial charge is 0.380 e. The van der Waals surface area contributed by atoms with Crippen LogP contribution >= 0.6 is 0 Å². The van der Waals surface area contributed by atoms with E-state index in [0.29, 0.717) is 11.1 Å². The van der Waals surface area contributed by atoms with E-state index in [-0.39, 0.29) is 0 Å². The van der Waals surface area contributed by atoms with Crippen molar-refractivity contribution >= 4 is 0 Å². The van der Waals surface area contributed by atoms with Crippen molar-refractivity contribution in [3.8, 4) is 0 Å².